The van der Waals surface area contributed by atoms with Crippen LogP contribution in [0.15, 0.2) is 24.3 Å². The van der Waals surface area contributed by atoms with E-state index in [2.05, 4.69) is 4.90 Å². The molecular weight excluding hydrogens is 226 g/mol. The fraction of sp³-hybridized carbons (Fsp3) is 0.500. The van der Waals surface area contributed by atoms with Crippen molar-refractivity contribution in [1.29, 1.82) is 0 Å². The molecule has 18 heavy (non-hydrogen) atoms. The normalized spacial score (nSPS) is 19.2. The first kappa shape index (κ1) is 12.9. The molecule has 0 atom stereocenters. The average Bonchev–Trinajstić information content (AvgIpc) is 2.36. The van der Waals surface area contributed by atoms with Gasteiger partial charge in [0.15, 0.2) is 0 Å². The Kier molecular flexibility index (Phi) is 3.30. The van der Waals surface area contributed by atoms with Gasteiger partial charge in [-0.1, -0.05) is 12.1 Å². The highest BCUT2D eigenvalue weighted by Gasteiger charge is 2.40. The number of carbonyl (C=O) groups is 1. The van der Waals surface area contributed by atoms with E-state index in [1.54, 1.807) is 4.90 Å². The Morgan fingerprint density at radius 3 is 2.39 bits per heavy atom. The standard InChI is InChI=1S/C14H21N3O/c1-14(2)13(18)16(3)8-9-17(14)12-6-4-11(10-15)5-7-12/h4-7H,8-10,15H2,1-3H3. The Morgan fingerprint density at radius 1 is 1.22 bits per heavy atom. The fourth-order valence-electron chi connectivity index (χ4n) is 2.48. The molecule has 0 unspecified atom stereocenters. The van der Waals surface area contributed by atoms with Crippen molar-refractivity contribution in [2.45, 2.75) is 25.9 Å². The first-order valence-electron chi connectivity index (χ1n) is 6.29. The molecule has 98 valence electrons. The van der Waals surface area contributed by atoms with Gasteiger partial charge in [0.25, 0.3) is 0 Å². The van der Waals surface area contributed by atoms with Gasteiger partial charge in [-0.15, -0.1) is 0 Å². The minimum atomic E-state index is -0.489. The zero-order valence-corrected chi connectivity index (χ0v) is 11.3. The zero-order valence-electron chi connectivity index (χ0n) is 11.3. The average molecular weight is 247 g/mol. The van der Waals surface area contributed by atoms with Crippen molar-refractivity contribution in [3.8, 4) is 0 Å². The second-order valence-electron chi connectivity index (χ2n) is 5.31. The molecule has 0 saturated carbocycles. The van der Waals surface area contributed by atoms with Gasteiger partial charge in [-0.3, -0.25) is 4.79 Å². The van der Waals surface area contributed by atoms with Gasteiger partial charge in [0.1, 0.15) is 5.54 Å². The molecule has 4 nitrogen and oxygen atoms in total. The van der Waals surface area contributed by atoms with Crippen LogP contribution < -0.4 is 10.6 Å². The highest BCUT2D eigenvalue weighted by atomic mass is 16.2. The summed E-state index contributed by atoms with van der Waals surface area (Å²) in [5, 5.41) is 0. The van der Waals surface area contributed by atoms with E-state index in [0.717, 1.165) is 24.3 Å². The molecular formula is C14H21N3O. The summed E-state index contributed by atoms with van der Waals surface area (Å²) in [7, 11) is 1.86. The highest BCUT2D eigenvalue weighted by Crippen LogP contribution is 2.28. The molecule has 4 heteroatoms. The van der Waals surface area contributed by atoms with Gasteiger partial charge in [0.2, 0.25) is 5.91 Å². The number of anilines is 1. The van der Waals surface area contributed by atoms with Crippen LogP contribution in [0.25, 0.3) is 0 Å². The number of likely N-dealkylation sites (N-methyl/N-ethyl adjacent to an activating group) is 1. The van der Waals surface area contributed by atoms with Crippen LogP contribution in [0.3, 0.4) is 0 Å². The molecule has 1 aromatic rings. The van der Waals surface area contributed by atoms with Gasteiger partial charge >= 0.3 is 0 Å². The largest absolute Gasteiger partial charge is 0.356 e. The maximum atomic E-state index is 12.2. The van der Waals surface area contributed by atoms with Crippen LogP contribution in [0.4, 0.5) is 5.69 Å². The monoisotopic (exact) mass is 247 g/mol. The Balaban J connectivity index is 2.29. The molecule has 2 rings (SSSR count). The van der Waals surface area contributed by atoms with Gasteiger partial charge in [-0.2, -0.15) is 0 Å². The van der Waals surface area contributed by atoms with Crippen molar-refractivity contribution >= 4 is 11.6 Å². The van der Waals surface area contributed by atoms with Crippen molar-refractivity contribution in [1.82, 2.24) is 4.90 Å². The molecule has 0 radical (unpaired) electrons. The maximum Gasteiger partial charge on any atom is 0.247 e. The minimum Gasteiger partial charge on any atom is -0.356 e. The van der Waals surface area contributed by atoms with Crippen LogP contribution in [-0.4, -0.2) is 36.5 Å². The molecule has 1 fully saturated rings. The quantitative estimate of drug-likeness (QED) is 0.854. The first-order valence-corrected chi connectivity index (χ1v) is 6.29. The number of benzene rings is 1. The first-order chi connectivity index (χ1) is 8.46. The van der Waals surface area contributed by atoms with Crippen molar-refractivity contribution in [2.24, 2.45) is 5.73 Å². The molecule has 1 saturated heterocycles. The predicted molar refractivity (Wildman–Crippen MR) is 73.4 cm³/mol. The Hall–Kier alpha value is -1.55. The molecule has 1 aliphatic rings. The van der Waals surface area contributed by atoms with Crippen molar-refractivity contribution in [3.05, 3.63) is 29.8 Å². The molecule has 2 N–H and O–H groups in total. The van der Waals surface area contributed by atoms with Gasteiger partial charge < -0.3 is 15.5 Å². The van der Waals surface area contributed by atoms with Crippen LogP contribution in [0.2, 0.25) is 0 Å². The lowest BCUT2D eigenvalue weighted by Crippen LogP contribution is -2.62. The van der Waals surface area contributed by atoms with E-state index in [1.165, 1.54) is 0 Å². The molecule has 1 amide bonds. The number of nitrogens with two attached hydrogens (primary N) is 1. The van der Waals surface area contributed by atoms with Crippen LogP contribution in [0, 0.1) is 0 Å². The summed E-state index contributed by atoms with van der Waals surface area (Å²) in [6.45, 7) is 6.12. The Bertz CT molecular complexity index is 439. The summed E-state index contributed by atoms with van der Waals surface area (Å²) < 4.78 is 0. The SMILES string of the molecule is CN1CCN(c2ccc(CN)cc2)C(C)(C)C1=O. The zero-order chi connectivity index (χ0) is 13.3. The molecule has 0 bridgehead atoms. The molecule has 1 aromatic carbocycles. The third-order valence-corrected chi connectivity index (χ3v) is 3.69. The Labute approximate surface area is 108 Å². The van der Waals surface area contributed by atoms with Crippen molar-refractivity contribution < 1.29 is 4.79 Å². The maximum absolute atomic E-state index is 12.2. The Morgan fingerprint density at radius 2 is 1.83 bits per heavy atom. The van der Waals surface area contributed by atoms with E-state index in [9.17, 15) is 4.79 Å². The predicted octanol–water partition coefficient (Wildman–Crippen LogP) is 1.20. The number of rotatable bonds is 2. The van der Waals surface area contributed by atoms with Gasteiger partial charge in [-0.05, 0) is 31.5 Å². The van der Waals surface area contributed by atoms with Gasteiger partial charge in [0.05, 0.1) is 0 Å². The molecule has 0 aliphatic carbocycles. The third-order valence-electron chi connectivity index (χ3n) is 3.69. The minimum absolute atomic E-state index is 0.164. The lowest BCUT2D eigenvalue weighted by atomic mass is 9.96. The second kappa shape index (κ2) is 4.61. The van der Waals surface area contributed by atoms with E-state index in [0.29, 0.717) is 6.54 Å². The lowest BCUT2D eigenvalue weighted by molar-refractivity contribution is -0.136. The van der Waals surface area contributed by atoms with Crippen LogP contribution in [0.5, 0.6) is 0 Å². The molecule has 0 spiro atoms. The summed E-state index contributed by atoms with van der Waals surface area (Å²) in [4.78, 5) is 16.2. The summed E-state index contributed by atoms with van der Waals surface area (Å²) >= 11 is 0. The number of hydrogen-bond acceptors (Lipinski definition) is 3. The van der Waals surface area contributed by atoms with E-state index < -0.39 is 5.54 Å². The fourth-order valence-corrected chi connectivity index (χ4v) is 2.48. The number of amides is 1. The van der Waals surface area contributed by atoms with Crippen LogP contribution >= 0.6 is 0 Å². The van der Waals surface area contributed by atoms with Gasteiger partial charge in [0, 0.05) is 32.4 Å². The topological polar surface area (TPSA) is 49.6 Å². The van der Waals surface area contributed by atoms with E-state index in [-0.39, 0.29) is 5.91 Å². The molecule has 1 heterocycles. The van der Waals surface area contributed by atoms with E-state index >= 15 is 0 Å². The van der Waals surface area contributed by atoms with Crippen LogP contribution in [0.1, 0.15) is 19.4 Å². The molecule has 1 aliphatic heterocycles. The van der Waals surface area contributed by atoms with Crippen LogP contribution in [-0.2, 0) is 11.3 Å². The summed E-state index contributed by atoms with van der Waals surface area (Å²) in [6, 6.07) is 8.13. The van der Waals surface area contributed by atoms with Crippen molar-refractivity contribution in [3.63, 3.8) is 0 Å². The molecule has 0 aromatic heterocycles. The number of carbonyl (C=O) groups excluding carboxylic acids is 1. The number of hydrogen-bond donors (Lipinski definition) is 1. The number of nitrogens with zero attached hydrogens (tertiary/aromatic N) is 2. The summed E-state index contributed by atoms with van der Waals surface area (Å²) in [6.07, 6.45) is 0. The third kappa shape index (κ3) is 2.08. The second-order valence-corrected chi connectivity index (χ2v) is 5.31. The van der Waals surface area contributed by atoms with Gasteiger partial charge in [-0.25, -0.2) is 0 Å². The van der Waals surface area contributed by atoms with Crippen molar-refractivity contribution in [2.75, 3.05) is 25.0 Å². The highest BCUT2D eigenvalue weighted by molar-refractivity contribution is 5.90. The van der Waals surface area contributed by atoms with E-state index in [1.807, 2.05) is 45.2 Å². The summed E-state index contributed by atoms with van der Waals surface area (Å²) in [5.41, 5.74) is 7.30. The van der Waals surface area contributed by atoms with E-state index in [4.69, 9.17) is 5.73 Å². The smallest absolute Gasteiger partial charge is 0.247 e. The summed E-state index contributed by atoms with van der Waals surface area (Å²) in [5.74, 6) is 0.164. The number of piperazine rings is 1. The lowest BCUT2D eigenvalue weighted by Gasteiger charge is -2.46.